The van der Waals surface area contributed by atoms with Gasteiger partial charge in [-0.25, -0.2) is 4.85 Å². The zero-order chi connectivity index (χ0) is 18.6. The average Bonchev–Trinajstić information content (AvgIpc) is 3.01. The fraction of sp³-hybridized carbons (Fsp3) is 0.409. The molecular formula is C22H27N3O. The molecule has 0 spiro atoms. The first-order chi connectivity index (χ1) is 12.5. The SMILES string of the molecule is [C-]#[N+]c1ccc(CCN2CCC(O)(CN(C)c3ccc(C)cc3)C2)cc1. The van der Waals surface area contributed by atoms with Crippen LogP contribution in [0.3, 0.4) is 0 Å². The standard InChI is InChI=1S/C22H27N3O/c1-18-4-10-21(11-5-18)24(3)16-22(26)13-15-25(17-22)14-12-19-6-8-20(23-2)9-7-19/h4-11,26H,12-17H2,1,3H3. The summed E-state index contributed by atoms with van der Waals surface area (Å²) in [7, 11) is 2.05. The lowest BCUT2D eigenvalue weighted by Crippen LogP contribution is -2.44. The Hall–Kier alpha value is -2.35. The fourth-order valence-electron chi connectivity index (χ4n) is 3.62. The maximum absolute atomic E-state index is 11.0. The van der Waals surface area contributed by atoms with Gasteiger partial charge in [-0.3, -0.25) is 4.90 Å². The van der Waals surface area contributed by atoms with Gasteiger partial charge in [0.05, 0.1) is 12.2 Å². The molecule has 1 fully saturated rings. The molecule has 1 atom stereocenters. The van der Waals surface area contributed by atoms with Crippen molar-refractivity contribution in [2.24, 2.45) is 0 Å². The molecule has 1 N–H and O–H groups in total. The minimum absolute atomic E-state index is 0.645. The highest BCUT2D eigenvalue weighted by Gasteiger charge is 2.36. The van der Waals surface area contributed by atoms with E-state index < -0.39 is 5.60 Å². The van der Waals surface area contributed by atoms with Crippen molar-refractivity contribution in [3.05, 3.63) is 71.1 Å². The van der Waals surface area contributed by atoms with Crippen LogP contribution in [0.15, 0.2) is 48.5 Å². The number of benzene rings is 2. The van der Waals surface area contributed by atoms with Crippen LogP contribution in [0.5, 0.6) is 0 Å². The lowest BCUT2D eigenvalue weighted by Gasteiger charge is -2.30. The van der Waals surface area contributed by atoms with Crippen LogP contribution in [0, 0.1) is 13.5 Å². The maximum atomic E-state index is 11.0. The maximum Gasteiger partial charge on any atom is 0.187 e. The summed E-state index contributed by atoms with van der Waals surface area (Å²) in [6.07, 6.45) is 1.75. The van der Waals surface area contributed by atoms with E-state index in [1.165, 1.54) is 11.1 Å². The van der Waals surface area contributed by atoms with Gasteiger partial charge < -0.3 is 10.0 Å². The first kappa shape index (κ1) is 18.4. The molecular weight excluding hydrogens is 322 g/mol. The van der Waals surface area contributed by atoms with Crippen LogP contribution in [-0.2, 0) is 6.42 Å². The van der Waals surface area contributed by atoms with Crippen LogP contribution in [-0.4, -0.2) is 48.8 Å². The second kappa shape index (κ2) is 7.90. The third-order valence-corrected chi connectivity index (χ3v) is 5.20. The van der Waals surface area contributed by atoms with Crippen LogP contribution in [0.25, 0.3) is 4.85 Å². The van der Waals surface area contributed by atoms with Gasteiger partial charge in [0, 0.05) is 38.9 Å². The van der Waals surface area contributed by atoms with Crippen LogP contribution in [0.1, 0.15) is 17.5 Å². The number of hydrogen-bond acceptors (Lipinski definition) is 3. The van der Waals surface area contributed by atoms with Gasteiger partial charge in [-0.15, -0.1) is 0 Å². The molecule has 1 unspecified atom stereocenters. The molecule has 0 aromatic heterocycles. The molecule has 1 saturated heterocycles. The Balaban J connectivity index is 1.51. The van der Waals surface area contributed by atoms with Crippen molar-refractivity contribution < 1.29 is 5.11 Å². The number of nitrogens with zero attached hydrogens (tertiary/aromatic N) is 3. The summed E-state index contributed by atoms with van der Waals surface area (Å²) in [5, 5.41) is 11.0. The number of likely N-dealkylation sites (tertiary alicyclic amines) is 1. The van der Waals surface area contributed by atoms with E-state index in [1.54, 1.807) is 0 Å². The van der Waals surface area contributed by atoms with Crippen molar-refractivity contribution in [3.8, 4) is 0 Å². The van der Waals surface area contributed by atoms with E-state index in [0.29, 0.717) is 18.8 Å². The topological polar surface area (TPSA) is 31.1 Å². The molecule has 0 radical (unpaired) electrons. The smallest absolute Gasteiger partial charge is 0.187 e. The summed E-state index contributed by atoms with van der Waals surface area (Å²) >= 11 is 0. The number of hydrogen-bond donors (Lipinski definition) is 1. The van der Waals surface area contributed by atoms with Crippen molar-refractivity contribution in [1.29, 1.82) is 0 Å². The molecule has 0 saturated carbocycles. The number of aliphatic hydroxyl groups is 1. The normalized spacial score (nSPS) is 20.1. The Morgan fingerprint density at radius 3 is 2.50 bits per heavy atom. The van der Waals surface area contributed by atoms with E-state index in [-0.39, 0.29) is 0 Å². The molecule has 3 rings (SSSR count). The largest absolute Gasteiger partial charge is 0.387 e. The van der Waals surface area contributed by atoms with E-state index in [9.17, 15) is 5.11 Å². The number of likely N-dealkylation sites (N-methyl/N-ethyl adjacent to an activating group) is 1. The van der Waals surface area contributed by atoms with Gasteiger partial charge in [0.2, 0.25) is 0 Å². The molecule has 0 aliphatic carbocycles. The quantitative estimate of drug-likeness (QED) is 0.808. The summed E-state index contributed by atoms with van der Waals surface area (Å²) in [4.78, 5) is 7.91. The second-order valence-corrected chi connectivity index (χ2v) is 7.47. The predicted octanol–water partition coefficient (Wildman–Crippen LogP) is 3.66. The Labute approximate surface area is 156 Å². The van der Waals surface area contributed by atoms with Gasteiger partial charge in [0.1, 0.15) is 0 Å². The van der Waals surface area contributed by atoms with Gasteiger partial charge in [-0.1, -0.05) is 42.0 Å². The molecule has 26 heavy (non-hydrogen) atoms. The van der Waals surface area contributed by atoms with E-state index in [0.717, 1.165) is 31.6 Å². The molecule has 2 aromatic carbocycles. The van der Waals surface area contributed by atoms with Crippen molar-refractivity contribution in [3.63, 3.8) is 0 Å². The molecule has 0 amide bonds. The highest BCUT2D eigenvalue weighted by Crippen LogP contribution is 2.25. The van der Waals surface area contributed by atoms with E-state index in [1.807, 2.05) is 31.3 Å². The van der Waals surface area contributed by atoms with E-state index in [4.69, 9.17) is 6.57 Å². The zero-order valence-corrected chi connectivity index (χ0v) is 15.7. The van der Waals surface area contributed by atoms with Crippen LogP contribution in [0.4, 0.5) is 11.4 Å². The first-order valence-corrected chi connectivity index (χ1v) is 9.16. The lowest BCUT2D eigenvalue weighted by atomic mass is 10.0. The third-order valence-electron chi connectivity index (χ3n) is 5.20. The van der Waals surface area contributed by atoms with Gasteiger partial charge in [0.25, 0.3) is 0 Å². The fourth-order valence-corrected chi connectivity index (χ4v) is 3.62. The first-order valence-electron chi connectivity index (χ1n) is 9.16. The van der Waals surface area contributed by atoms with Crippen LogP contribution < -0.4 is 4.90 Å². The molecule has 0 bridgehead atoms. The number of anilines is 1. The van der Waals surface area contributed by atoms with E-state index >= 15 is 0 Å². The van der Waals surface area contributed by atoms with Gasteiger partial charge in [-0.2, -0.15) is 0 Å². The average molecular weight is 349 g/mol. The molecule has 4 nitrogen and oxygen atoms in total. The Bertz CT molecular complexity index is 763. The molecule has 1 aliphatic heterocycles. The van der Waals surface area contributed by atoms with Gasteiger partial charge in [-0.05, 0) is 37.5 Å². The van der Waals surface area contributed by atoms with Gasteiger partial charge in [0.15, 0.2) is 5.69 Å². The summed E-state index contributed by atoms with van der Waals surface area (Å²) < 4.78 is 0. The Morgan fingerprint density at radius 1 is 1.15 bits per heavy atom. The monoisotopic (exact) mass is 349 g/mol. The van der Waals surface area contributed by atoms with E-state index in [2.05, 4.69) is 45.8 Å². The minimum atomic E-state index is -0.659. The van der Waals surface area contributed by atoms with Crippen molar-refractivity contribution in [2.45, 2.75) is 25.4 Å². The Kier molecular flexibility index (Phi) is 5.61. The summed E-state index contributed by atoms with van der Waals surface area (Å²) in [6.45, 7) is 12.3. The van der Waals surface area contributed by atoms with Crippen LogP contribution in [0.2, 0.25) is 0 Å². The molecule has 4 heteroatoms. The lowest BCUT2D eigenvalue weighted by molar-refractivity contribution is 0.0572. The zero-order valence-electron chi connectivity index (χ0n) is 15.7. The summed E-state index contributed by atoms with van der Waals surface area (Å²) in [5.41, 5.74) is 3.65. The number of rotatable bonds is 6. The molecule has 2 aromatic rings. The molecule has 136 valence electrons. The summed E-state index contributed by atoms with van der Waals surface area (Å²) in [5.74, 6) is 0. The highest BCUT2D eigenvalue weighted by molar-refractivity contribution is 5.47. The number of aryl methyl sites for hydroxylation is 1. The number of β-amino-alcohol motifs (C(OH)–C–C–N with tert-alkyl or cyclic N) is 1. The Morgan fingerprint density at radius 2 is 1.85 bits per heavy atom. The molecule has 1 aliphatic rings. The van der Waals surface area contributed by atoms with Crippen molar-refractivity contribution in [1.82, 2.24) is 4.90 Å². The predicted molar refractivity (Wildman–Crippen MR) is 107 cm³/mol. The summed E-state index contributed by atoms with van der Waals surface area (Å²) in [6, 6.07) is 16.2. The second-order valence-electron chi connectivity index (χ2n) is 7.47. The van der Waals surface area contributed by atoms with Crippen molar-refractivity contribution in [2.75, 3.05) is 38.1 Å². The van der Waals surface area contributed by atoms with Crippen molar-refractivity contribution >= 4 is 11.4 Å². The third kappa shape index (κ3) is 4.63. The molecule has 1 heterocycles. The minimum Gasteiger partial charge on any atom is -0.387 e. The highest BCUT2D eigenvalue weighted by atomic mass is 16.3. The van der Waals surface area contributed by atoms with Crippen LogP contribution >= 0.6 is 0 Å². The van der Waals surface area contributed by atoms with Gasteiger partial charge >= 0.3 is 0 Å².